The molecule has 0 radical (unpaired) electrons. The van der Waals surface area contributed by atoms with Gasteiger partial charge in [0.1, 0.15) is 0 Å². The molecule has 2 N–H and O–H groups in total. The van der Waals surface area contributed by atoms with E-state index in [0.717, 1.165) is 18.0 Å². The minimum absolute atomic E-state index is 0.431. The summed E-state index contributed by atoms with van der Waals surface area (Å²) >= 11 is 0. The van der Waals surface area contributed by atoms with Crippen molar-refractivity contribution in [3.05, 3.63) is 48.0 Å². The first-order valence-electron chi connectivity index (χ1n) is 8.42. The number of aliphatic hydroxyl groups is 1. The lowest BCUT2D eigenvalue weighted by Crippen LogP contribution is -2.56. The first-order chi connectivity index (χ1) is 10.8. The van der Waals surface area contributed by atoms with Crippen LogP contribution in [-0.2, 0) is 0 Å². The summed E-state index contributed by atoms with van der Waals surface area (Å²) in [6.45, 7) is 4.31. The molecule has 2 atom stereocenters. The van der Waals surface area contributed by atoms with E-state index in [4.69, 9.17) is 0 Å². The van der Waals surface area contributed by atoms with Crippen LogP contribution in [0.5, 0.6) is 0 Å². The summed E-state index contributed by atoms with van der Waals surface area (Å²) < 4.78 is 0. The third-order valence-corrected chi connectivity index (χ3v) is 5.39. The van der Waals surface area contributed by atoms with Gasteiger partial charge in [0.25, 0.3) is 0 Å². The van der Waals surface area contributed by atoms with E-state index in [1.165, 1.54) is 36.7 Å². The molecule has 3 heterocycles. The fourth-order valence-electron chi connectivity index (χ4n) is 3.99. The summed E-state index contributed by atoms with van der Waals surface area (Å²) in [7, 11) is 0. The van der Waals surface area contributed by atoms with Gasteiger partial charge in [-0.3, -0.25) is 0 Å². The van der Waals surface area contributed by atoms with Crippen LogP contribution in [0, 0.1) is 5.92 Å². The summed E-state index contributed by atoms with van der Waals surface area (Å²) in [6, 6.07) is 15.1. The third kappa shape index (κ3) is 2.76. The highest BCUT2D eigenvalue weighted by Crippen LogP contribution is 2.28. The van der Waals surface area contributed by atoms with E-state index >= 15 is 0 Å². The molecular formula is C19H24N2O. The molecule has 3 saturated heterocycles. The summed E-state index contributed by atoms with van der Waals surface area (Å²) in [5.41, 5.74) is 1.01. The zero-order chi connectivity index (χ0) is 14.9. The summed E-state index contributed by atoms with van der Waals surface area (Å²) in [6.07, 6.45) is 2.19. The summed E-state index contributed by atoms with van der Waals surface area (Å²) in [5.74, 6) is 0.800. The van der Waals surface area contributed by atoms with E-state index in [1.807, 2.05) is 18.2 Å². The van der Waals surface area contributed by atoms with Crippen LogP contribution < -0.4 is 5.32 Å². The minimum Gasteiger partial charge on any atom is -0.387 e. The van der Waals surface area contributed by atoms with Crippen LogP contribution in [0.4, 0.5) is 0 Å². The fraction of sp³-hybridized carbons (Fsp3) is 0.474. The molecule has 3 aliphatic rings. The normalized spacial score (nSPS) is 28.9. The van der Waals surface area contributed by atoms with Crippen LogP contribution in [0.2, 0.25) is 0 Å². The molecular weight excluding hydrogens is 272 g/mol. The zero-order valence-electron chi connectivity index (χ0n) is 12.9. The molecule has 3 heteroatoms. The minimum atomic E-state index is -0.431. The standard InChI is InChI=1S/C19H24N2O/c22-19(12-20-18-13-21-9-7-15(18)8-10-21)17-6-5-14-3-1-2-4-16(14)11-17/h1-6,11,15,18-20,22H,7-10,12-13H2. The van der Waals surface area contributed by atoms with Crippen LogP contribution >= 0.6 is 0 Å². The Hall–Kier alpha value is -1.42. The Morgan fingerprint density at radius 3 is 2.59 bits per heavy atom. The van der Waals surface area contributed by atoms with Crippen molar-refractivity contribution in [1.29, 1.82) is 0 Å². The Morgan fingerprint density at radius 1 is 1.09 bits per heavy atom. The molecule has 0 spiro atoms. The largest absolute Gasteiger partial charge is 0.387 e. The highest BCUT2D eigenvalue weighted by molar-refractivity contribution is 5.83. The van der Waals surface area contributed by atoms with Crippen LogP contribution in [0.15, 0.2) is 42.5 Å². The Balaban J connectivity index is 1.41. The second-order valence-electron chi connectivity index (χ2n) is 6.78. The first kappa shape index (κ1) is 14.2. The molecule has 0 aromatic heterocycles. The van der Waals surface area contributed by atoms with Gasteiger partial charge in [0.15, 0.2) is 0 Å². The van der Waals surface area contributed by atoms with Crippen LogP contribution in [0.25, 0.3) is 10.8 Å². The Bertz CT molecular complexity index is 649. The number of piperidine rings is 3. The molecule has 22 heavy (non-hydrogen) atoms. The maximum absolute atomic E-state index is 10.5. The number of aliphatic hydroxyl groups excluding tert-OH is 1. The van der Waals surface area contributed by atoms with Gasteiger partial charge in [-0.2, -0.15) is 0 Å². The second kappa shape index (κ2) is 5.99. The maximum Gasteiger partial charge on any atom is 0.0914 e. The molecule has 2 aromatic carbocycles. The Morgan fingerprint density at radius 2 is 1.86 bits per heavy atom. The molecule has 2 aromatic rings. The van der Waals surface area contributed by atoms with Gasteiger partial charge in [-0.15, -0.1) is 0 Å². The summed E-state index contributed by atoms with van der Waals surface area (Å²) in [5, 5.41) is 16.5. The van der Waals surface area contributed by atoms with E-state index in [2.05, 4.69) is 34.5 Å². The molecule has 0 saturated carbocycles. The van der Waals surface area contributed by atoms with Gasteiger partial charge >= 0.3 is 0 Å². The molecule has 3 aliphatic heterocycles. The van der Waals surface area contributed by atoms with Gasteiger partial charge < -0.3 is 15.3 Å². The van der Waals surface area contributed by atoms with Crippen LogP contribution in [0.3, 0.4) is 0 Å². The number of rotatable bonds is 4. The van der Waals surface area contributed by atoms with E-state index in [0.29, 0.717) is 12.6 Å². The van der Waals surface area contributed by atoms with Gasteiger partial charge in [-0.1, -0.05) is 36.4 Å². The smallest absolute Gasteiger partial charge is 0.0914 e. The monoisotopic (exact) mass is 296 g/mol. The highest BCUT2D eigenvalue weighted by Gasteiger charge is 2.33. The zero-order valence-corrected chi connectivity index (χ0v) is 12.9. The SMILES string of the molecule is OC(CNC1CN2CCC1CC2)c1ccc2ccccc2c1. The number of nitrogens with zero attached hydrogens (tertiary/aromatic N) is 1. The van der Waals surface area contributed by atoms with Gasteiger partial charge in [0.2, 0.25) is 0 Å². The number of hydrogen-bond acceptors (Lipinski definition) is 3. The van der Waals surface area contributed by atoms with Crippen molar-refractivity contribution in [1.82, 2.24) is 10.2 Å². The topological polar surface area (TPSA) is 35.5 Å². The van der Waals surface area contributed by atoms with Crippen molar-refractivity contribution in [2.75, 3.05) is 26.2 Å². The average molecular weight is 296 g/mol. The lowest BCUT2D eigenvalue weighted by molar-refractivity contribution is 0.0635. The molecule has 3 nitrogen and oxygen atoms in total. The van der Waals surface area contributed by atoms with E-state index in [1.54, 1.807) is 0 Å². The quantitative estimate of drug-likeness (QED) is 0.910. The number of benzene rings is 2. The van der Waals surface area contributed by atoms with Crippen molar-refractivity contribution in [3.63, 3.8) is 0 Å². The average Bonchev–Trinajstić information content (AvgIpc) is 2.60. The van der Waals surface area contributed by atoms with E-state index < -0.39 is 6.10 Å². The second-order valence-corrected chi connectivity index (χ2v) is 6.78. The van der Waals surface area contributed by atoms with Crippen molar-refractivity contribution in [2.45, 2.75) is 25.0 Å². The molecule has 3 fully saturated rings. The third-order valence-electron chi connectivity index (χ3n) is 5.39. The maximum atomic E-state index is 10.5. The summed E-state index contributed by atoms with van der Waals surface area (Å²) in [4.78, 5) is 2.54. The lowest BCUT2D eigenvalue weighted by atomic mass is 9.84. The van der Waals surface area contributed by atoms with Gasteiger partial charge in [-0.25, -0.2) is 0 Å². The number of nitrogens with one attached hydrogen (secondary N) is 1. The first-order valence-corrected chi connectivity index (χ1v) is 8.42. The Kier molecular flexibility index (Phi) is 3.87. The highest BCUT2D eigenvalue weighted by atomic mass is 16.3. The van der Waals surface area contributed by atoms with E-state index in [-0.39, 0.29) is 0 Å². The molecule has 2 unspecified atom stereocenters. The predicted octanol–water partition coefficient (Wildman–Crippen LogP) is 2.56. The predicted molar refractivity (Wildman–Crippen MR) is 89.9 cm³/mol. The van der Waals surface area contributed by atoms with Crippen molar-refractivity contribution in [3.8, 4) is 0 Å². The Labute approximate surface area is 131 Å². The fourth-order valence-corrected chi connectivity index (χ4v) is 3.99. The van der Waals surface area contributed by atoms with Gasteiger partial charge in [0, 0.05) is 19.1 Å². The van der Waals surface area contributed by atoms with Crippen molar-refractivity contribution >= 4 is 10.8 Å². The van der Waals surface area contributed by atoms with Gasteiger partial charge in [-0.05, 0) is 54.3 Å². The molecule has 116 valence electrons. The van der Waals surface area contributed by atoms with Crippen LogP contribution in [0.1, 0.15) is 24.5 Å². The van der Waals surface area contributed by atoms with Crippen LogP contribution in [-0.4, -0.2) is 42.2 Å². The molecule has 0 amide bonds. The van der Waals surface area contributed by atoms with Gasteiger partial charge in [0.05, 0.1) is 6.10 Å². The van der Waals surface area contributed by atoms with E-state index in [9.17, 15) is 5.11 Å². The van der Waals surface area contributed by atoms with Crippen molar-refractivity contribution < 1.29 is 5.11 Å². The molecule has 5 rings (SSSR count). The molecule has 2 bridgehead atoms. The molecule has 0 aliphatic carbocycles. The number of fused-ring (bicyclic) bond motifs is 4. The number of hydrogen-bond donors (Lipinski definition) is 2. The lowest BCUT2D eigenvalue weighted by Gasteiger charge is -2.45. The van der Waals surface area contributed by atoms with Crippen molar-refractivity contribution in [2.24, 2.45) is 5.92 Å².